The summed E-state index contributed by atoms with van der Waals surface area (Å²) in [5.74, 6) is 0.853. The normalized spacial score (nSPS) is 25.7. The van der Waals surface area contributed by atoms with E-state index in [9.17, 15) is 8.42 Å². The largest absolute Gasteiger partial charge is 0.363 e. The molecule has 1 aliphatic rings. The Labute approximate surface area is 109 Å². The molecule has 5 nitrogen and oxygen atoms in total. The minimum absolute atomic E-state index is 0.369. The third-order valence-corrected chi connectivity index (χ3v) is 5.49. The lowest BCUT2D eigenvalue weighted by atomic mass is 10.0. The van der Waals surface area contributed by atoms with E-state index < -0.39 is 10.0 Å². The Hall–Kier alpha value is -0.850. The average Bonchev–Trinajstić information content (AvgIpc) is 2.88. The first-order chi connectivity index (χ1) is 8.45. The molecule has 1 saturated heterocycles. The van der Waals surface area contributed by atoms with Gasteiger partial charge in [0, 0.05) is 31.5 Å². The van der Waals surface area contributed by atoms with E-state index in [4.69, 9.17) is 0 Å². The molecule has 1 aromatic rings. The van der Waals surface area contributed by atoms with Gasteiger partial charge in [0.15, 0.2) is 0 Å². The van der Waals surface area contributed by atoms with E-state index in [1.54, 1.807) is 16.6 Å². The molecule has 6 heteroatoms. The number of nitrogens with one attached hydrogen (secondary N) is 2. The van der Waals surface area contributed by atoms with Crippen LogP contribution in [0.25, 0.3) is 0 Å². The molecule has 2 unspecified atom stereocenters. The van der Waals surface area contributed by atoms with Crippen molar-refractivity contribution in [2.24, 2.45) is 11.8 Å². The van der Waals surface area contributed by atoms with Gasteiger partial charge in [0.2, 0.25) is 10.0 Å². The lowest BCUT2D eigenvalue weighted by Crippen LogP contribution is -2.28. The zero-order valence-corrected chi connectivity index (χ0v) is 11.9. The van der Waals surface area contributed by atoms with Crippen LogP contribution in [0.5, 0.6) is 0 Å². The number of hydrogen-bond donors (Lipinski definition) is 2. The van der Waals surface area contributed by atoms with E-state index in [1.807, 2.05) is 7.05 Å². The van der Waals surface area contributed by atoms with Crippen molar-refractivity contribution in [2.45, 2.75) is 25.3 Å². The van der Waals surface area contributed by atoms with Crippen LogP contribution in [0.3, 0.4) is 0 Å². The average molecular weight is 271 g/mol. The van der Waals surface area contributed by atoms with Gasteiger partial charge in [-0.3, -0.25) is 0 Å². The summed E-state index contributed by atoms with van der Waals surface area (Å²) in [5.41, 5.74) is 0.886. The van der Waals surface area contributed by atoms with Gasteiger partial charge in [-0.1, -0.05) is 13.8 Å². The van der Waals surface area contributed by atoms with Gasteiger partial charge in [-0.25, -0.2) is 8.42 Å². The number of H-pyrrole nitrogens is 1. The molecule has 0 saturated carbocycles. The maximum absolute atomic E-state index is 12.4. The molecule has 2 atom stereocenters. The Morgan fingerprint density at radius 1 is 1.39 bits per heavy atom. The van der Waals surface area contributed by atoms with Crippen molar-refractivity contribution in [1.29, 1.82) is 0 Å². The fourth-order valence-electron chi connectivity index (χ4n) is 2.28. The molecule has 0 amide bonds. The molecular formula is C12H21N3O2S. The molecule has 2 rings (SSSR count). The van der Waals surface area contributed by atoms with Crippen LogP contribution in [0.1, 0.15) is 19.5 Å². The Morgan fingerprint density at radius 2 is 2.00 bits per heavy atom. The van der Waals surface area contributed by atoms with Crippen LogP contribution in [-0.2, 0) is 16.6 Å². The maximum atomic E-state index is 12.4. The highest BCUT2D eigenvalue weighted by Gasteiger charge is 2.35. The van der Waals surface area contributed by atoms with Crippen LogP contribution in [0.4, 0.5) is 0 Å². The first kappa shape index (κ1) is 13.6. The second kappa shape index (κ2) is 5.03. The SMILES string of the molecule is CNCc1cc(S(=O)(=O)N2CC(C)C(C)C2)c[nH]1. The van der Waals surface area contributed by atoms with Gasteiger partial charge in [0.25, 0.3) is 0 Å². The van der Waals surface area contributed by atoms with Gasteiger partial charge in [-0.15, -0.1) is 0 Å². The minimum Gasteiger partial charge on any atom is -0.363 e. The first-order valence-corrected chi connectivity index (χ1v) is 7.71. The number of sulfonamides is 1. The second-order valence-corrected chi connectivity index (χ2v) is 7.11. The highest BCUT2D eigenvalue weighted by atomic mass is 32.2. The lowest BCUT2D eigenvalue weighted by molar-refractivity contribution is 0.463. The first-order valence-electron chi connectivity index (χ1n) is 6.27. The summed E-state index contributed by atoms with van der Waals surface area (Å²) in [7, 11) is -1.50. The smallest absolute Gasteiger partial charge is 0.244 e. The molecule has 0 aliphatic carbocycles. The van der Waals surface area contributed by atoms with Crippen molar-refractivity contribution in [2.75, 3.05) is 20.1 Å². The summed E-state index contributed by atoms with van der Waals surface area (Å²) in [6.45, 7) is 6.09. The van der Waals surface area contributed by atoms with Gasteiger partial charge < -0.3 is 10.3 Å². The van der Waals surface area contributed by atoms with Crippen molar-refractivity contribution in [3.05, 3.63) is 18.0 Å². The minimum atomic E-state index is -3.33. The number of rotatable bonds is 4. The van der Waals surface area contributed by atoms with Crippen molar-refractivity contribution in [3.63, 3.8) is 0 Å². The monoisotopic (exact) mass is 271 g/mol. The molecule has 1 aliphatic heterocycles. The van der Waals surface area contributed by atoms with E-state index in [0.717, 1.165) is 5.69 Å². The molecule has 0 radical (unpaired) electrons. The molecule has 0 bridgehead atoms. The van der Waals surface area contributed by atoms with Crippen LogP contribution in [0.15, 0.2) is 17.2 Å². The highest BCUT2D eigenvalue weighted by Crippen LogP contribution is 2.28. The van der Waals surface area contributed by atoms with Gasteiger partial charge in [-0.05, 0) is 24.9 Å². The van der Waals surface area contributed by atoms with Gasteiger partial charge in [-0.2, -0.15) is 4.31 Å². The van der Waals surface area contributed by atoms with Crippen molar-refractivity contribution in [1.82, 2.24) is 14.6 Å². The summed E-state index contributed by atoms with van der Waals surface area (Å²) < 4.78 is 26.4. The molecule has 102 valence electrons. The summed E-state index contributed by atoms with van der Waals surface area (Å²) >= 11 is 0. The van der Waals surface area contributed by atoms with Crippen molar-refractivity contribution < 1.29 is 8.42 Å². The summed E-state index contributed by atoms with van der Waals surface area (Å²) in [6, 6.07) is 1.71. The Bertz CT molecular complexity index is 499. The Kier molecular flexibility index (Phi) is 3.79. The highest BCUT2D eigenvalue weighted by molar-refractivity contribution is 7.89. The summed E-state index contributed by atoms with van der Waals surface area (Å²) in [5, 5.41) is 2.99. The second-order valence-electron chi connectivity index (χ2n) is 5.17. The standard InChI is InChI=1S/C12H21N3O2S/c1-9-7-15(8-10(9)2)18(16,17)12-4-11(5-13-3)14-6-12/h4,6,9-10,13-14H,5,7-8H2,1-3H3. The van der Waals surface area contributed by atoms with E-state index in [1.165, 1.54) is 0 Å². The van der Waals surface area contributed by atoms with Gasteiger partial charge >= 0.3 is 0 Å². The van der Waals surface area contributed by atoms with Crippen molar-refractivity contribution >= 4 is 10.0 Å². The molecule has 2 heterocycles. The molecule has 1 fully saturated rings. The zero-order chi connectivity index (χ0) is 13.3. The third-order valence-electron chi connectivity index (χ3n) is 3.68. The van der Waals surface area contributed by atoms with Crippen LogP contribution < -0.4 is 5.32 Å². The van der Waals surface area contributed by atoms with Crippen LogP contribution in [0, 0.1) is 11.8 Å². The van der Waals surface area contributed by atoms with E-state index in [0.29, 0.717) is 36.4 Å². The molecule has 0 spiro atoms. The number of hydrogen-bond acceptors (Lipinski definition) is 3. The molecule has 2 N–H and O–H groups in total. The Balaban J connectivity index is 2.20. The topological polar surface area (TPSA) is 65.2 Å². The zero-order valence-electron chi connectivity index (χ0n) is 11.1. The van der Waals surface area contributed by atoms with Gasteiger partial charge in [0.05, 0.1) is 4.90 Å². The quantitative estimate of drug-likeness (QED) is 0.859. The predicted molar refractivity (Wildman–Crippen MR) is 70.6 cm³/mol. The molecule has 1 aromatic heterocycles. The van der Waals surface area contributed by atoms with E-state index in [-0.39, 0.29) is 0 Å². The van der Waals surface area contributed by atoms with E-state index >= 15 is 0 Å². The molecule has 18 heavy (non-hydrogen) atoms. The Morgan fingerprint density at radius 3 is 2.56 bits per heavy atom. The van der Waals surface area contributed by atoms with Crippen LogP contribution in [-0.4, -0.2) is 37.8 Å². The fourth-order valence-corrected chi connectivity index (χ4v) is 3.94. The fraction of sp³-hybridized carbons (Fsp3) is 0.667. The molecular weight excluding hydrogens is 250 g/mol. The van der Waals surface area contributed by atoms with Crippen LogP contribution >= 0.6 is 0 Å². The number of aromatic nitrogens is 1. The number of aromatic amines is 1. The predicted octanol–water partition coefficient (Wildman–Crippen LogP) is 1.01. The third kappa shape index (κ3) is 2.46. The molecule has 0 aromatic carbocycles. The van der Waals surface area contributed by atoms with Crippen molar-refractivity contribution in [3.8, 4) is 0 Å². The maximum Gasteiger partial charge on any atom is 0.244 e. The summed E-state index contributed by atoms with van der Waals surface area (Å²) in [6.07, 6.45) is 1.58. The van der Waals surface area contributed by atoms with Crippen LogP contribution in [0.2, 0.25) is 0 Å². The summed E-state index contributed by atoms with van der Waals surface area (Å²) in [4.78, 5) is 3.36. The lowest BCUT2D eigenvalue weighted by Gasteiger charge is -2.14. The number of nitrogens with zero attached hydrogens (tertiary/aromatic N) is 1. The van der Waals surface area contributed by atoms with E-state index in [2.05, 4.69) is 24.1 Å². The van der Waals surface area contributed by atoms with Gasteiger partial charge in [0.1, 0.15) is 0 Å².